The molecule has 0 unspecified atom stereocenters. The minimum atomic E-state index is -0.525. The number of hydrogen-bond acceptors (Lipinski definition) is 5. The minimum Gasteiger partial charge on any atom is -0.444 e. The van der Waals surface area contributed by atoms with Crippen LogP contribution in [0.1, 0.15) is 44.2 Å². The van der Waals surface area contributed by atoms with Gasteiger partial charge in [0.2, 0.25) is 11.5 Å². The molecule has 0 aliphatic carbocycles. The summed E-state index contributed by atoms with van der Waals surface area (Å²) < 4.78 is 10.6. The van der Waals surface area contributed by atoms with E-state index in [1.807, 2.05) is 32.9 Å². The molecule has 1 fully saturated rings. The highest BCUT2D eigenvalue weighted by Gasteiger charge is 2.31. The summed E-state index contributed by atoms with van der Waals surface area (Å²) in [5, 5.41) is 4.61. The second-order valence-corrected chi connectivity index (χ2v) is 8.23. The fourth-order valence-corrected chi connectivity index (χ4v) is 3.14. The molecule has 1 atom stereocenters. The highest BCUT2D eigenvalue weighted by Crippen LogP contribution is 2.26. The topological polar surface area (TPSA) is 72.6 Å². The molecule has 1 aromatic carbocycles. The molecule has 0 spiro atoms. The molecule has 0 radical (unpaired) electrons. The van der Waals surface area contributed by atoms with Gasteiger partial charge in [-0.15, -0.1) is 0 Å². The van der Waals surface area contributed by atoms with Crippen LogP contribution in [0.25, 0.3) is 11.3 Å². The Morgan fingerprint density at radius 1 is 1.30 bits per heavy atom. The van der Waals surface area contributed by atoms with Crippen molar-refractivity contribution in [1.29, 1.82) is 0 Å². The van der Waals surface area contributed by atoms with Crippen LogP contribution in [0.4, 0.5) is 4.79 Å². The first-order chi connectivity index (χ1) is 12.7. The van der Waals surface area contributed by atoms with E-state index in [1.165, 1.54) is 0 Å². The second-order valence-electron chi connectivity index (χ2n) is 7.79. The first kappa shape index (κ1) is 19.4. The van der Waals surface area contributed by atoms with E-state index in [1.54, 1.807) is 23.1 Å². The predicted octanol–water partition coefficient (Wildman–Crippen LogP) is 4.82. The molecule has 1 aromatic heterocycles. The van der Waals surface area contributed by atoms with Crippen LogP contribution in [0.5, 0.6) is 0 Å². The lowest BCUT2D eigenvalue weighted by molar-refractivity contribution is 0.0286. The van der Waals surface area contributed by atoms with Crippen molar-refractivity contribution in [1.82, 2.24) is 10.1 Å². The number of carbonyl (C=O) groups is 2. The van der Waals surface area contributed by atoms with Crippen molar-refractivity contribution in [2.75, 3.05) is 13.1 Å². The summed E-state index contributed by atoms with van der Waals surface area (Å²) >= 11 is 5.88. The van der Waals surface area contributed by atoms with Gasteiger partial charge < -0.3 is 14.2 Å². The van der Waals surface area contributed by atoms with Gasteiger partial charge >= 0.3 is 6.09 Å². The Balaban J connectivity index is 1.57. The predicted molar refractivity (Wildman–Crippen MR) is 102 cm³/mol. The largest absolute Gasteiger partial charge is 0.444 e. The number of benzene rings is 1. The molecule has 2 aromatic rings. The Morgan fingerprint density at radius 3 is 2.67 bits per heavy atom. The third kappa shape index (κ3) is 5.10. The standard InChI is InChI=1S/C20H23ClN2O4/c1-20(2,3)26-19(25)23-9-8-13(12-23)10-17(24)18-11-16(22-27-18)14-4-6-15(21)7-5-14/h4-7,11,13H,8-10,12H2,1-3H3/t13-/m0/s1. The van der Waals surface area contributed by atoms with Crippen LogP contribution in [0, 0.1) is 5.92 Å². The molecule has 3 rings (SSSR count). The SMILES string of the molecule is CC(C)(C)OC(=O)N1CC[C@@H](CC(=O)c2cc(-c3ccc(Cl)cc3)no2)C1. The quantitative estimate of drug-likeness (QED) is 0.699. The van der Waals surface area contributed by atoms with E-state index >= 15 is 0 Å². The van der Waals surface area contributed by atoms with Crippen molar-refractivity contribution in [3.05, 3.63) is 41.1 Å². The number of amides is 1. The number of rotatable bonds is 4. The summed E-state index contributed by atoms with van der Waals surface area (Å²) in [6.07, 6.45) is 0.750. The van der Waals surface area contributed by atoms with E-state index in [0.29, 0.717) is 30.2 Å². The van der Waals surface area contributed by atoms with E-state index in [4.69, 9.17) is 20.9 Å². The number of hydrogen-bond donors (Lipinski definition) is 0. The molecule has 0 bridgehead atoms. The van der Waals surface area contributed by atoms with Crippen molar-refractivity contribution in [2.45, 2.75) is 39.2 Å². The summed E-state index contributed by atoms with van der Waals surface area (Å²) in [6, 6.07) is 8.81. The lowest BCUT2D eigenvalue weighted by Gasteiger charge is -2.24. The second kappa shape index (κ2) is 7.72. The number of ketones is 1. The molecule has 1 aliphatic rings. The van der Waals surface area contributed by atoms with Crippen LogP contribution in [-0.2, 0) is 4.74 Å². The number of aromatic nitrogens is 1. The Morgan fingerprint density at radius 2 is 2.00 bits per heavy atom. The van der Waals surface area contributed by atoms with Gasteiger partial charge in [0.25, 0.3) is 0 Å². The molecule has 1 saturated heterocycles. The number of Topliss-reactive ketones (excluding diaryl/α,β-unsaturated/α-hetero) is 1. The summed E-state index contributed by atoms with van der Waals surface area (Å²) in [4.78, 5) is 26.3. The first-order valence-electron chi connectivity index (χ1n) is 8.95. The summed E-state index contributed by atoms with van der Waals surface area (Å²) in [7, 11) is 0. The zero-order valence-electron chi connectivity index (χ0n) is 15.7. The van der Waals surface area contributed by atoms with Gasteiger partial charge in [-0.1, -0.05) is 28.9 Å². The molecule has 144 valence electrons. The molecule has 1 aliphatic heterocycles. The minimum absolute atomic E-state index is 0.0918. The Bertz CT molecular complexity index is 823. The monoisotopic (exact) mass is 390 g/mol. The Kier molecular flexibility index (Phi) is 5.56. The maximum atomic E-state index is 12.5. The van der Waals surface area contributed by atoms with Gasteiger partial charge in [0.05, 0.1) is 0 Å². The fourth-order valence-electron chi connectivity index (χ4n) is 3.02. The van der Waals surface area contributed by atoms with Crippen LogP contribution in [0.3, 0.4) is 0 Å². The average molecular weight is 391 g/mol. The van der Waals surface area contributed by atoms with Gasteiger partial charge in [-0.05, 0) is 45.2 Å². The highest BCUT2D eigenvalue weighted by atomic mass is 35.5. The van der Waals surface area contributed by atoms with Crippen molar-refractivity contribution in [3.8, 4) is 11.3 Å². The van der Waals surface area contributed by atoms with Gasteiger partial charge in [-0.2, -0.15) is 0 Å². The number of likely N-dealkylation sites (tertiary alicyclic amines) is 1. The molecule has 7 heteroatoms. The van der Waals surface area contributed by atoms with Gasteiger partial charge in [-0.3, -0.25) is 4.79 Å². The fraction of sp³-hybridized carbons (Fsp3) is 0.450. The maximum Gasteiger partial charge on any atom is 0.410 e. The molecule has 27 heavy (non-hydrogen) atoms. The first-order valence-corrected chi connectivity index (χ1v) is 9.33. The van der Waals surface area contributed by atoms with Crippen molar-refractivity contribution in [3.63, 3.8) is 0 Å². The summed E-state index contributed by atoms with van der Waals surface area (Å²) in [6.45, 7) is 6.62. The third-order valence-corrected chi connectivity index (χ3v) is 4.59. The Hall–Kier alpha value is -2.34. The molecule has 2 heterocycles. The molecule has 1 amide bonds. The number of carbonyl (C=O) groups excluding carboxylic acids is 2. The molecule has 0 N–H and O–H groups in total. The molecule has 0 saturated carbocycles. The van der Waals surface area contributed by atoms with Gasteiger partial charge in [-0.25, -0.2) is 4.79 Å². The lowest BCUT2D eigenvalue weighted by Crippen LogP contribution is -2.35. The zero-order chi connectivity index (χ0) is 19.6. The number of halogens is 1. The van der Waals surface area contributed by atoms with Gasteiger partial charge in [0, 0.05) is 36.2 Å². The van der Waals surface area contributed by atoms with Gasteiger partial charge in [0.1, 0.15) is 11.3 Å². The van der Waals surface area contributed by atoms with Gasteiger partial charge in [0.15, 0.2) is 0 Å². The van der Waals surface area contributed by atoms with Crippen LogP contribution >= 0.6 is 11.6 Å². The highest BCUT2D eigenvalue weighted by molar-refractivity contribution is 6.30. The van der Waals surface area contributed by atoms with Crippen molar-refractivity contribution >= 4 is 23.5 Å². The molecular formula is C20H23ClN2O4. The van der Waals surface area contributed by atoms with Crippen LogP contribution in [0.15, 0.2) is 34.9 Å². The summed E-state index contributed by atoms with van der Waals surface area (Å²) in [5.74, 6) is 0.212. The third-order valence-electron chi connectivity index (χ3n) is 4.34. The van der Waals surface area contributed by atoms with Crippen LogP contribution < -0.4 is 0 Å². The maximum absolute atomic E-state index is 12.5. The van der Waals surface area contributed by atoms with Crippen molar-refractivity contribution in [2.24, 2.45) is 5.92 Å². The van der Waals surface area contributed by atoms with E-state index in [0.717, 1.165) is 12.0 Å². The van der Waals surface area contributed by atoms with Crippen LogP contribution in [0.2, 0.25) is 5.02 Å². The van der Waals surface area contributed by atoms with E-state index in [-0.39, 0.29) is 23.6 Å². The van der Waals surface area contributed by atoms with Crippen LogP contribution in [-0.4, -0.2) is 40.6 Å². The summed E-state index contributed by atoms with van der Waals surface area (Å²) in [5.41, 5.74) is 0.902. The molecule has 6 nitrogen and oxygen atoms in total. The zero-order valence-corrected chi connectivity index (χ0v) is 16.5. The molecular weight excluding hydrogens is 368 g/mol. The van der Waals surface area contributed by atoms with E-state index < -0.39 is 5.60 Å². The van der Waals surface area contributed by atoms with Crippen molar-refractivity contribution < 1.29 is 18.8 Å². The lowest BCUT2D eigenvalue weighted by atomic mass is 10.0. The van der Waals surface area contributed by atoms with E-state index in [9.17, 15) is 9.59 Å². The van der Waals surface area contributed by atoms with E-state index in [2.05, 4.69) is 5.16 Å². The number of nitrogens with zero attached hydrogens (tertiary/aromatic N) is 2. The smallest absolute Gasteiger partial charge is 0.410 e. The average Bonchev–Trinajstić information content (AvgIpc) is 3.23. The number of ether oxygens (including phenoxy) is 1. The normalized spacial score (nSPS) is 17.2. The Labute approximate surface area is 163 Å².